The number of nitrogens with one attached hydrogen (secondary N) is 2. The SMILES string of the molecule is CNCCCN(C)C(=O)C(C)=C1CNC1. The van der Waals surface area contributed by atoms with Gasteiger partial charge in [-0.2, -0.15) is 0 Å². The summed E-state index contributed by atoms with van der Waals surface area (Å²) in [6.07, 6.45) is 1.000. The molecule has 2 N–H and O–H groups in total. The monoisotopic (exact) mass is 211 g/mol. The Kier molecular flexibility index (Phi) is 4.78. The van der Waals surface area contributed by atoms with Gasteiger partial charge in [0.05, 0.1) is 0 Å². The van der Waals surface area contributed by atoms with Gasteiger partial charge in [0.1, 0.15) is 0 Å². The third-order valence-electron chi connectivity index (χ3n) is 2.79. The van der Waals surface area contributed by atoms with Crippen LogP contribution in [-0.2, 0) is 4.79 Å². The third kappa shape index (κ3) is 3.32. The minimum absolute atomic E-state index is 0.169. The maximum Gasteiger partial charge on any atom is 0.249 e. The summed E-state index contributed by atoms with van der Waals surface area (Å²) in [6.45, 7) is 5.45. The smallest absolute Gasteiger partial charge is 0.249 e. The van der Waals surface area contributed by atoms with E-state index in [0.717, 1.165) is 38.2 Å². The zero-order chi connectivity index (χ0) is 11.3. The molecule has 86 valence electrons. The second kappa shape index (κ2) is 5.88. The van der Waals surface area contributed by atoms with Crippen molar-refractivity contribution in [3.8, 4) is 0 Å². The molecule has 1 fully saturated rings. The number of amides is 1. The minimum Gasteiger partial charge on any atom is -0.342 e. The molecular formula is C11H21N3O. The van der Waals surface area contributed by atoms with Crippen molar-refractivity contribution in [2.45, 2.75) is 13.3 Å². The van der Waals surface area contributed by atoms with Gasteiger partial charge in [-0.15, -0.1) is 0 Å². The standard InChI is InChI=1S/C11H21N3O/c1-9(10-7-13-8-10)11(15)14(3)6-4-5-12-2/h12-13H,4-8H2,1-3H3. The van der Waals surface area contributed by atoms with E-state index in [1.54, 1.807) is 4.90 Å². The Morgan fingerprint density at radius 2 is 2.20 bits per heavy atom. The number of hydrogen-bond acceptors (Lipinski definition) is 3. The maximum atomic E-state index is 11.9. The zero-order valence-corrected chi connectivity index (χ0v) is 9.89. The third-order valence-corrected chi connectivity index (χ3v) is 2.79. The van der Waals surface area contributed by atoms with Gasteiger partial charge in [-0.3, -0.25) is 4.79 Å². The average Bonchev–Trinajstić information content (AvgIpc) is 2.14. The normalized spacial score (nSPS) is 14.7. The predicted octanol–water partition coefficient (Wildman–Crippen LogP) is -0.0260. The molecule has 4 heteroatoms. The summed E-state index contributed by atoms with van der Waals surface area (Å²) in [5.41, 5.74) is 2.17. The first kappa shape index (κ1) is 12.2. The van der Waals surface area contributed by atoms with Gasteiger partial charge < -0.3 is 15.5 Å². The molecule has 0 aromatic heterocycles. The second-order valence-corrected chi connectivity index (χ2v) is 4.02. The van der Waals surface area contributed by atoms with Gasteiger partial charge >= 0.3 is 0 Å². The maximum absolute atomic E-state index is 11.9. The number of rotatable bonds is 5. The highest BCUT2D eigenvalue weighted by Crippen LogP contribution is 2.11. The largest absolute Gasteiger partial charge is 0.342 e. The van der Waals surface area contributed by atoms with Crippen LogP contribution < -0.4 is 10.6 Å². The number of likely N-dealkylation sites (N-methyl/N-ethyl adjacent to an activating group) is 1. The van der Waals surface area contributed by atoms with Crippen LogP contribution in [0.25, 0.3) is 0 Å². The first-order valence-corrected chi connectivity index (χ1v) is 5.46. The molecule has 4 nitrogen and oxygen atoms in total. The zero-order valence-electron chi connectivity index (χ0n) is 9.89. The Balaban J connectivity index is 2.38. The van der Waals surface area contributed by atoms with Crippen LogP contribution in [0.3, 0.4) is 0 Å². The highest BCUT2D eigenvalue weighted by Gasteiger charge is 2.18. The Labute approximate surface area is 91.7 Å². The molecule has 0 radical (unpaired) electrons. The lowest BCUT2D eigenvalue weighted by atomic mass is 10.0. The molecule has 1 saturated heterocycles. The summed E-state index contributed by atoms with van der Waals surface area (Å²) >= 11 is 0. The summed E-state index contributed by atoms with van der Waals surface area (Å²) in [5, 5.41) is 6.23. The molecule has 0 aliphatic carbocycles. The van der Waals surface area contributed by atoms with Crippen molar-refractivity contribution in [3.63, 3.8) is 0 Å². The van der Waals surface area contributed by atoms with Crippen molar-refractivity contribution in [3.05, 3.63) is 11.1 Å². The fourth-order valence-corrected chi connectivity index (χ4v) is 1.55. The molecule has 1 aliphatic heterocycles. The van der Waals surface area contributed by atoms with E-state index in [1.807, 2.05) is 21.0 Å². The quantitative estimate of drug-likeness (QED) is 0.496. The summed E-state index contributed by atoms with van der Waals surface area (Å²) in [5.74, 6) is 0.169. The molecule has 0 atom stereocenters. The molecule has 1 amide bonds. The molecule has 0 aromatic rings. The van der Waals surface area contributed by atoms with E-state index < -0.39 is 0 Å². The van der Waals surface area contributed by atoms with Gasteiger partial charge in [-0.25, -0.2) is 0 Å². The fourth-order valence-electron chi connectivity index (χ4n) is 1.55. The molecule has 0 spiro atoms. The summed E-state index contributed by atoms with van der Waals surface area (Å²) in [4.78, 5) is 13.7. The van der Waals surface area contributed by atoms with Gasteiger partial charge in [0.2, 0.25) is 5.91 Å². The van der Waals surface area contributed by atoms with Crippen LogP contribution in [0.15, 0.2) is 11.1 Å². The Morgan fingerprint density at radius 1 is 1.53 bits per heavy atom. The van der Waals surface area contributed by atoms with Gasteiger partial charge in [-0.1, -0.05) is 0 Å². The van der Waals surface area contributed by atoms with E-state index in [4.69, 9.17) is 0 Å². The molecule has 15 heavy (non-hydrogen) atoms. The summed E-state index contributed by atoms with van der Waals surface area (Å²) < 4.78 is 0. The van der Waals surface area contributed by atoms with Crippen molar-refractivity contribution < 1.29 is 4.79 Å². The van der Waals surface area contributed by atoms with Crippen LogP contribution in [0.5, 0.6) is 0 Å². The first-order chi connectivity index (χ1) is 7.16. The molecule has 1 heterocycles. The van der Waals surface area contributed by atoms with Gasteiger partial charge in [0.25, 0.3) is 0 Å². The number of carbonyl (C=O) groups excluding carboxylic acids is 1. The second-order valence-electron chi connectivity index (χ2n) is 4.02. The topological polar surface area (TPSA) is 44.4 Å². The number of hydrogen-bond donors (Lipinski definition) is 2. The van der Waals surface area contributed by atoms with Crippen LogP contribution in [-0.4, -0.2) is 51.1 Å². The summed E-state index contributed by atoms with van der Waals surface area (Å²) in [6, 6.07) is 0. The predicted molar refractivity (Wildman–Crippen MR) is 61.8 cm³/mol. The van der Waals surface area contributed by atoms with Crippen molar-refractivity contribution in [1.82, 2.24) is 15.5 Å². The van der Waals surface area contributed by atoms with Gasteiger partial charge in [0, 0.05) is 32.3 Å². The van der Waals surface area contributed by atoms with E-state index in [-0.39, 0.29) is 5.91 Å². The van der Waals surface area contributed by atoms with Crippen molar-refractivity contribution in [2.24, 2.45) is 0 Å². The Hall–Kier alpha value is -0.870. The van der Waals surface area contributed by atoms with Gasteiger partial charge in [-0.05, 0) is 32.5 Å². The van der Waals surface area contributed by atoms with Gasteiger partial charge in [0.15, 0.2) is 0 Å². The van der Waals surface area contributed by atoms with Crippen LogP contribution >= 0.6 is 0 Å². The van der Waals surface area contributed by atoms with E-state index in [2.05, 4.69) is 10.6 Å². The lowest BCUT2D eigenvalue weighted by Crippen LogP contribution is -2.38. The number of carbonyl (C=O) groups is 1. The van der Waals surface area contributed by atoms with Crippen LogP contribution in [0, 0.1) is 0 Å². The van der Waals surface area contributed by atoms with Crippen molar-refractivity contribution in [2.75, 3.05) is 40.3 Å². The van der Waals surface area contributed by atoms with Crippen molar-refractivity contribution in [1.29, 1.82) is 0 Å². The first-order valence-electron chi connectivity index (χ1n) is 5.46. The molecule has 0 bridgehead atoms. The summed E-state index contributed by atoms with van der Waals surface area (Å²) in [7, 11) is 3.79. The highest BCUT2D eigenvalue weighted by molar-refractivity contribution is 5.93. The molecule has 1 rings (SSSR count). The lowest BCUT2D eigenvalue weighted by Gasteiger charge is -2.24. The molecule has 0 aromatic carbocycles. The van der Waals surface area contributed by atoms with Crippen LogP contribution in [0.1, 0.15) is 13.3 Å². The molecule has 0 unspecified atom stereocenters. The minimum atomic E-state index is 0.169. The fraction of sp³-hybridized carbons (Fsp3) is 0.727. The van der Waals surface area contributed by atoms with E-state index >= 15 is 0 Å². The molecule has 0 saturated carbocycles. The van der Waals surface area contributed by atoms with Crippen LogP contribution in [0.4, 0.5) is 0 Å². The molecular weight excluding hydrogens is 190 g/mol. The Bertz CT molecular complexity index is 255. The van der Waals surface area contributed by atoms with Crippen LogP contribution in [0.2, 0.25) is 0 Å². The van der Waals surface area contributed by atoms with E-state index in [0.29, 0.717) is 0 Å². The molecule has 1 aliphatic rings. The number of nitrogens with zero attached hydrogens (tertiary/aromatic N) is 1. The average molecular weight is 211 g/mol. The lowest BCUT2D eigenvalue weighted by molar-refractivity contribution is -0.126. The van der Waals surface area contributed by atoms with E-state index in [1.165, 1.54) is 5.57 Å². The Morgan fingerprint density at radius 3 is 2.67 bits per heavy atom. The van der Waals surface area contributed by atoms with E-state index in [9.17, 15) is 4.79 Å². The highest BCUT2D eigenvalue weighted by atomic mass is 16.2. The van der Waals surface area contributed by atoms with Crippen molar-refractivity contribution >= 4 is 5.91 Å².